The second-order valence-electron chi connectivity index (χ2n) is 19.9. The molecular weight excluding hydrogens is 825 g/mol. The number of carbonyl (C=O) groups is 4. The first kappa shape index (κ1) is 63.5. The molecular formula is C56H110N4O6. The van der Waals surface area contributed by atoms with Gasteiger partial charge < -0.3 is 30.7 Å². The monoisotopic (exact) mass is 935 g/mol. The van der Waals surface area contributed by atoms with Gasteiger partial charge in [0, 0.05) is 39.0 Å². The van der Waals surface area contributed by atoms with Crippen LogP contribution in [0.1, 0.15) is 291 Å². The molecule has 0 fully saturated rings. The minimum absolute atomic E-state index is 0.0322. The molecule has 0 radical (unpaired) electrons. The SMILES string of the molecule is CCCCCCCCC(CCCCCCCC)OC(=O)CCCCCCCNC(=O)NCC(C)CNC(=O)NCCCCCCCC(=O)OC(CCCCCCCC)CCCCCCCC. The first-order chi connectivity index (χ1) is 32.2. The fraction of sp³-hybridized carbons (Fsp3) is 0.929. The maximum absolute atomic E-state index is 12.7. The number of hydrogen-bond donors (Lipinski definition) is 4. The van der Waals surface area contributed by atoms with E-state index in [0.717, 1.165) is 116 Å². The third-order valence-corrected chi connectivity index (χ3v) is 13.0. The predicted molar refractivity (Wildman–Crippen MR) is 279 cm³/mol. The van der Waals surface area contributed by atoms with Crippen LogP contribution in [0, 0.1) is 5.92 Å². The van der Waals surface area contributed by atoms with Crippen molar-refractivity contribution in [1.82, 2.24) is 21.3 Å². The van der Waals surface area contributed by atoms with E-state index in [1.54, 1.807) is 0 Å². The Labute approximate surface area is 408 Å². The minimum Gasteiger partial charge on any atom is -0.462 e. The average Bonchev–Trinajstić information content (AvgIpc) is 3.30. The van der Waals surface area contributed by atoms with Gasteiger partial charge in [-0.05, 0) is 83.0 Å². The van der Waals surface area contributed by atoms with Gasteiger partial charge in [-0.3, -0.25) is 9.59 Å². The standard InChI is InChI=1S/C56H110N4O6/c1-6-10-14-18-24-32-40-51(41-33-25-19-15-11-7-2)65-53(61)44-36-28-22-30-38-46-57-55(63)59-48-50(5)49-60-56(64)58-47-39-31-23-29-37-45-54(62)66-52(42-34-26-20-16-12-8-3)43-35-27-21-17-13-9-4/h50-52H,6-49H2,1-5H3,(H2,57,59,63)(H2,58,60,64). The fourth-order valence-corrected chi connectivity index (χ4v) is 8.61. The van der Waals surface area contributed by atoms with E-state index in [-0.39, 0.29) is 42.1 Å². The van der Waals surface area contributed by atoms with Crippen molar-refractivity contribution in [3.8, 4) is 0 Å². The molecule has 0 unspecified atom stereocenters. The Morgan fingerprint density at radius 3 is 0.894 bits per heavy atom. The molecule has 0 aliphatic rings. The van der Waals surface area contributed by atoms with E-state index in [1.807, 2.05) is 6.92 Å². The van der Waals surface area contributed by atoms with Crippen molar-refractivity contribution in [1.29, 1.82) is 0 Å². The average molecular weight is 936 g/mol. The molecule has 0 aliphatic heterocycles. The van der Waals surface area contributed by atoms with Crippen LogP contribution in [0.15, 0.2) is 0 Å². The highest BCUT2D eigenvalue weighted by Crippen LogP contribution is 2.20. The summed E-state index contributed by atoms with van der Waals surface area (Å²) < 4.78 is 12.0. The Bertz CT molecular complexity index is 978. The van der Waals surface area contributed by atoms with Gasteiger partial charge in [0.1, 0.15) is 12.2 Å². The number of nitrogens with one attached hydrogen (secondary N) is 4. The van der Waals surface area contributed by atoms with Crippen molar-refractivity contribution >= 4 is 24.0 Å². The van der Waals surface area contributed by atoms with Crippen molar-refractivity contribution < 1.29 is 28.7 Å². The van der Waals surface area contributed by atoms with Gasteiger partial charge in [0.05, 0.1) is 0 Å². The number of esters is 2. The van der Waals surface area contributed by atoms with Gasteiger partial charge in [-0.1, -0.05) is 202 Å². The molecule has 0 aromatic rings. The van der Waals surface area contributed by atoms with Crippen molar-refractivity contribution in [3.63, 3.8) is 0 Å². The Kier molecular flexibility index (Phi) is 48.4. The van der Waals surface area contributed by atoms with Gasteiger partial charge in [0.15, 0.2) is 0 Å². The van der Waals surface area contributed by atoms with Gasteiger partial charge in [-0.2, -0.15) is 0 Å². The van der Waals surface area contributed by atoms with Gasteiger partial charge in [-0.15, -0.1) is 0 Å². The van der Waals surface area contributed by atoms with Crippen LogP contribution in [-0.2, 0) is 19.1 Å². The normalized spacial score (nSPS) is 11.4. The number of urea groups is 2. The summed E-state index contributed by atoms with van der Waals surface area (Å²) in [5, 5.41) is 11.7. The van der Waals surface area contributed by atoms with E-state index in [2.05, 4.69) is 49.0 Å². The van der Waals surface area contributed by atoms with Crippen molar-refractivity contribution in [2.75, 3.05) is 26.2 Å². The molecule has 0 aliphatic carbocycles. The molecule has 0 aromatic carbocycles. The Morgan fingerprint density at radius 2 is 0.591 bits per heavy atom. The lowest BCUT2D eigenvalue weighted by molar-refractivity contribution is -0.151. The van der Waals surface area contributed by atoms with Crippen LogP contribution in [0.3, 0.4) is 0 Å². The van der Waals surface area contributed by atoms with Gasteiger partial charge >= 0.3 is 24.0 Å². The second kappa shape index (κ2) is 50.4. The molecule has 4 amide bonds. The largest absolute Gasteiger partial charge is 0.462 e. The fourth-order valence-electron chi connectivity index (χ4n) is 8.61. The Hall–Kier alpha value is -2.52. The molecule has 0 aromatic heterocycles. The summed E-state index contributed by atoms with van der Waals surface area (Å²) >= 11 is 0. The highest BCUT2D eigenvalue weighted by Gasteiger charge is 2.16. The van der Waals surface area contributed by atoms with Crippen LogP contribution < -0.4 is 21.3 Å². The molecule has 0 bridgehead atoms. The van der Waals surface area contributed by atoms with E-state index in [0.29, 0.717) is 39.0 Å². The molecule has 0 heterocycles. The van der Waals surface area contributed by atoms with Crippen molar-refractivity contribution in [2.45, 2.75) is 304 Å². The van der Waals surface area contributed by atoms with Crippen LogP contribution in [-0.4, -0.2) is 62.4 Å². The zero-order valence-electron chi connectivity index (χ0n) is 44.3. The molecule has 10 heteroatoms. The maximum atomic E-state index is 12.7. The number of carbonyl (C=O) groups excluding carboxylic acids is 4. The predicted octanol–water partition coefficient (Wildman–Crippen LogP) is 15.7. The molecule has 66 heavy (non-hydrogen) atoms. The summed E-state index contributed by atoms with van der Waals surface area (Å²) in [6, 6.07) is -0.364. The van der Waals surface area contributed by atoms with Crippen molar-refractivity contribution in [3.05, 3.63) is 0 Å². The molecule has 0 rings (SSSR count). The lowest BCUT2D eigenvalue weighted by Gasteiger charge is -2.18. The smallest absolute Gasteiger partial charge is 0.314 e. The minimum atomic E-state index is -0.182. The van der Waals surface area contributed by atoms with Crippen LogP contribution in [0.2, 0.25) is 0 Å². The molecule has 4 N–H and O–H groups in total. The van der Waals surface area contributed by atoms with Crippen LogP contribution in [0.4, 0.5) is 9.59 Å². The van der Waals surface area contributed by atoms with E-state index in [4.69, 9.17) is 9.47 Å². The summed E-state index contributed by atoms with van der Waals surface area (Å²) in [6.07, 6.45) is 45.1. The van der Waals surface area contributed by atoms with E-state index < -0.39 is 0 Å². The molecule has 10 nitrogen and oxygen atoms in total. The first-order valence-electron chi connectivity index (χ1n) is 28.7. The zero-order valence-corrected chi connectivity index (χ0v) is 44.3. The third kappa shape index (κ3) is 46.6. The molecule has 0 atom stereocenters. The van der Waals surface area contributed by atoms with Gasteiger partial charge in [0.25, 0.3) is 0 Å². The quantitative estimate of drug-likeness (QED) is 0.0354. The maximum Gasteiger partial charge on any atom is 0.314 e. The molecule has 0 spiro atoms. The van der Waals surface area contributed by atoms with Crippen molar-refractivity contribution in [2.24, 2.45) is 5.92 Å². The summed E-state index contributed by atoms with van der Waals surface area (Å²) in [5.41, 5.74) is 0. The Morgan fingerprint density at radius 1 is 0.333 bits per heavy atom. The molecule has 0 saturated heterocycles. The third-order valence-electron chi connectivity index (χ3n) is 13.0. The highest BCUT2D eigenvalue weighted by molar-refractivity contribution is 5.74. The van der Waals surface area contributed by atoms with E-state index >= 15 is 0 Å². The number of rotatable bonds is 50. The van der Waals surface area contributed by atoms with E-state index in [1.165, 1.54) is 128 Å². The lowest BCUT2D eigenvalue weighted by atomic mass is 10.0. The number of ether oxygens (including phenoxy) is 2. The summed E-state index contributed by atoms with van der Waals surface area (Å²) in [5.74, 6) is 0.0352. The Balaban J connectivity index is 3.98. The second-order valence-corrected chi connectivity index (χ2v) is 19.9. The highest BCUT2D eigenvalue weighted by atomic mass is 16.5. The number of unbranched alkanes of at least 4 members (excludes halogenated alkanes) is 28. The van der Waals surface area contributed by atoms with Gasteiger partial charge in [-0.25, -0.2) is 9.59 Å². The zero-order chi connectivity index (χ0) is 48.4. The summed E-state index contributed by atoms with van der Waals surface area (Å²) in [6.45, 7) is 13.2. The molecule has 0 saturated carbocycles. The van der Waals surface area contributed by atoms with E-state index in [9.17, 15) is 19.2 Å². The van der Waals surface area contributed by atoms with Crippen LogP contribution in [0.25, 0.3) is 0 Å². The lowest BCUT2D eigenvalue weighted by Crippen LogP contribution is -2.42. The van der Waals surface area contributed by atoms with Gasteiger partial charge in [0.2, 0.25) is 0 Å². The number of amides is 4. The first-order valence-corrected chi connectivity index (χ1v) is 28.7. The topological polar surface area (TPSA) is 135 Å². The number of hydrogen-bond acceptors (Lipinski definition) is 6. The summed E-state index contributed by atoms with van der Waals surface area (Å²) in [7, 11) is 0. The van der Waals surface area contributed by atoms with Crippen LogP contribution >= 0.6 is 0 Å². The summed E-state index contributed by atoms with van der Waals surface area (Å²) in [4.78, 5) is 50.0. The molecule has 390 valence electrons. The van der Waals surface area contributed by atoms with Crippen LogP contribution in [0.5, 0.6) is 0 Å².